The van der Waals surface area contributed by atoms with Crippen LogP contribution in [0.15, 0.2) is 0 Å². The van der Waals surface area contributed by atoms with Crippen LogP contribution < -0.4 is 5.32 Å². The summed E-state index contributed by atoms with van der Waals surface area (Å²) in [5, 5.41) is 11.8. The maximum Gasteiger partial charge on any atom is 0.334 e. The Morgan fingerprint density at radius 2 is 2.00 bits per heavy atom. The van der Waals surface area contributed by atoms with Crippen molar-refractivity contribution >= 4 is 17.8 Å². The first-order chi connectivity index (χ1) is 10.5. The number of carbonyl (C=O) groups is 3. The molecule has 1 aliphatic carbocycles. The van der Waals surface area contributed by atoms with Crippen molar-refractivity contribution < 1.29 is 24.2 Å². The standard InChI is InChI=1S/C15H24N2O5/c1-10(16-14(19)11-4-2-3-5-11)8-13(18)17-6-7-22-12(9-17)15(20)21/h10-12H,2-9H2,1H3,(H,16,19)(H,20,21). The highest BCUT2D eigenvalue weighted by atomic mass is 16.5. The molecule has 2 unspecified atom stereocenters. The summed E-state index contributed by atoms with van der Waals surface area (Å²) in [6, 6.07) is -0.244. The zero-order chi connectivity index (χ0) is 16.1. The molecule has 0 aromatic carbocycles. The molecule has 2 atom stereocenters. The van der Waals surface area contributed by atoms with E-state index in [4.69, 9.17) is 9.84 Å². The van der Waals surface area contributed by atoms with Crippen LogP contribution in [0.25, 0.3) is 0 Å². The largest absolute Gasteiger partial charge is 0.479 e. The number of carboxylic acids is 1. The summed E-state index contributed by atoms with van der Waals surface area (Å²) in [5.74, 6) is -1.09. The van der Waals surface area contributed by atoms with Crippen molar-refractivity contribution in [3.63, 3.8) is 0 Å². The number of carboxylic acid groups (broad SMARTS) is 1. The third kappa shape index (κ3) is 4.43. The molecule has 0 bridgehead atoms. The first-order valence-electron chi connectivity index (χ1n) is 7.90. The molecule has 124 valence electrons. The molecule has 2 amide bonds. The highest BCUT2D eigenvalue weighted by Crippen LogP contribution is 2.24. The summed E-state index contributed by atoms with van der Waals surface area (Å²) in [7, 11) is 0. The predicted molar refractivity (Wildman–Crippen MR) is 78.1 cm³/mol. The number of rotatable bonds is 5. The highest BCUT2D eigenvalue weighted by molar-refractivity contribution is 5.82. The minimum absolute atomic E-state index is 0.0307. The van der Waals surface area contributed by atoms with Gasteiger partial charge in [-0.1, -0.05) is 12.8 Å². The van der Waals surface area contributed by atoms with Crippen LogP contribution >= 0.6 is 0 Å². The van der Waals surface area contributed by atoms with Crippen molar-refractivity contribution in [3.8, 4) is 0 Å². The van der Waals surface area contributed by atoms with Gasteiger partial charge in [0.25, 0.3) is 0 Å². The second-order valence-corrected chi connectivity index (χ2v) is 6.13. The van der Waals surface area contributed by atoms with E-state index >= 15 is 0 Å². The molecule has 7 heteroatoms. The van der Waals surface area contributed by atoms with Gasteiger partial charge in [-0.2, -0.15) is 0 Å². The Labute approximate surface area is 130 Å². The Balaban J connectivity index is 1.77. The van der Waals surface area contributed by atoms with E-state index in [-0.39, 0.29) is 43.3 Å². The van der Waals surface area contributed by atoms with Gasteiger partial charge in [-0.25, -0.2) is 4.79 Å². The lowest BCUT2D eigenvalue weighted by Crippen LogP contribution is -2.50. The van der Waals surface area contributed by atoms with Crippen molar-refractivity contribution in [1.29, 1.82) is 0 Å². The average molecular weight is 312 g/mol. The molecule has 0 aromatic heterocycles. The van der Waals surface area contributed by atoms with Gasteiger partial charge in [0.1, 0.15) is 0 Å². The normalized spacial score (nSPS) is 24.0. The lowest BCUT2D eigenvalue weighted by molar-refractivity contribution is -0.159. The highest BCUT2D eigenvalue weighted by Gasteiger charge is 2.30. The molecular formula is C15H24N2O5. The Kier molecular flexibility index (Phi) is 5.76. The van der Waals surface area contributed by atoms with Gasteiger partial charge in [-0.3, -0.25) is 9.59 Å². The molecule has 2 aliphatic rings. The van der Waals surface area contributed by atoms with Gasteiger partial charge < -0.3 is 20.1 Å². The molecule has 1 saturated heterocycles. The fourth-order valence-electron chi connectivity index (χ4n) is 3.02. The molecule has 1 heterocycles. The van der Waals surface area contributed by atoms with Crippen LogP contribution in [0.3, 0.4) is 0 Å². The molecule has 0 radical (unpaired) electrons. The second kappa shape index (κ2) is 7.58. The quantitative estimate of drug-likeness (QED) is 0.765. The molecule has 0 aromatic rings. The molecule has 1 aliphatic heterocycles. The first kappa shape index (κ1) is 16.7. The van der Waals surface area contributed by atoms with Crippen LogP contribution in [0.2, 0.25) is 0 Å². The number of ether oxygens (including phenoxy) is 1. The minimum atomic E-state index is -1.06. The topological polar surface area (TPSA) is 95.9 Å². The van der Waals surface area contributed by atoms with E-state index < -0.39 is 12.1 Å². The van der Waals surface area contributed by atoms with E-state index in [0.717, 1.165) is 25.7 Å². The molecule has 2 fully saturated rings. The van der Waals surface area contributed by atoms with Crippen LogP contribution in [0.1, 0.15) is 39.0 Å². The molecule has 0 spiro atoms. The number of carbonyl (C=O) groups excluding carboxylic acids is 2. The third-order valence-corrected chi connectivity index (χ3v) is 4.29. The van der Waals surface area contributed by atoms with Gasteiger partial charge in [0.2, 0.25) is 11.8 Å². The van der Waals surface area contributed by atoms with E-state index in [1.807, 2.05) is 0 Å². The maximum atomic E-state index is 12.2. The summed E-state index contributed by atoms with van der Waals surface area (Å²) in [6.07, 6.45) is 3.27. The Morgan fingerprint density at radius 1 is 1.32 bits per heavy atom. The molecular weight excluding hydrogens is 288 g/mol. The van der Waals surface area contributed by atoms with E-state index in [2.05, 4.69) is 5.32 Å². The average Bonchev–Trinajstić information content (AvgIpc) is 3.01. The lowest BCUT2D eigenvalue weighted by Gasteiger charge is -2.31. The summed E-state index contributed by atoms with van der Waals surface area (Å²) in [6.45, 7) is 2.49. The fourth-order valence-corrected chi connectivity index (χ4v) is 3.02. The van der Waals surface area contributed by atoms with Crippen LogP contribution in [-0.4, -0.2) is 59.6 Å². The van der Waals surface area contributed by atoms with E-state index in [9.17, 15) is 14.4 Å². The Morgan fingerprint density at radius 3 is 2.64 bits per heavy atom. The SMILES string of the molecule is CC(CC(=O)N1CCOC(C(=O)O)C1)NC(=O)C1CCCC1. The molecule has 2 N–H and O–H groups in total. The molecule has 7 nitrogen and oxygen atoms in total. The zero-order valence-electron chi connectivity index (χ0n) is 12.9. The number of nitrogens with one attached hydrogen (secondary N) is 1. The van der Waals surface area contributed by atoms with Gasteiger partial charge in [0.05, 0.1) is 13.2 Å². The maximum absolute atomic E-state index is 12.2. The molecule has 22 heavy (non-hydrogen) atoms. The number of hydrogen-bond donors (Lipinski definition) is 2. The predicted octanol–water partition coefficient (Wildman–Crippen LogP) is 0.383. The number of aliphatic carboxylic acids is 1. The van der Waals surface area contributed by atoms with Crippen LogP contribution in [-0.2, 0) is 19.1 Å². The molecule has 2 rings (SSSR count). The number of morpholine rings is 1. The van der Waals surface area contributed by atoms with E-state index in [1.54, 1.807) is 6.92 Å². The summed E-state index contributed by atoms with van der Waals surface area (Å²) in [4.78, 5) is 36.6. The summed E-state index contributed by atoms with van der Waals surface area (Å²) >= 11 is 0. The van der Waals surface area contributed by atoms with Crippen molar-refractivity contribution in [3.05, 3.63) is 0 Å². The Bertz CT molecular complexity index is 434. The van der Waals surface area contributed by atoms with Gasteiger partial charge in [0.15, 0.2) is 6.10 Å². The van der Waals surface area contributed by atoms with Crippen molar-refractivity contribution in [1.82, 2.24) is 10.2 Å². The lowest BCUT2D eigenvalue weighted by atomic mass is 10.1. The van der Waals surface area contributed by atoms with Gasteiger partial charge >= 0.3 is 5.97 Å². The molecule has 1 saturated carbocycles. The van der Waals surface area contributed by atoms with Crippen molar-refractivity contribution in [2.45, 2.75) is 51.2 Å². The van der Waals surface area contributed by atoms with Gasteiger partial charge in [-0.05, 0) is 19.8 Å². The monoisotopic (exact) mass is 312 g/mol. The smallest absolute Gasteiger partial charge is 0.334 e. The van der Waals surface area contributed by atoms with Crippen molar-refractivity contribution in [2.24, 2.45) is 5.92 Å². The number of nitrogens with zero attached hydrogens (tertiary/aromatic N) is 1. The van der Waals surface area contributed by atoms with E-state index in [1.165, 1.54) is 4.90 Å². The van der Waals surface area contributed by atoms with Gasteiger partial charge in [0, 0.05) is 24.9 Å². The van der Waals surface area contributed by atoms with Crippen LogP contribution in [0, 0.1) is 5.92 Å². The van der Waals surface area contributed by atoms with Crippen molar-refractivity contribution in [2.75, 3.05) is 19.7 Å². The second-order valence-electron chi connectivity index (χ2n) is 6.13. The summed E-state index contributed by atoms with van der Waals surface area (Å²) < 4.78 is 5.09. The Hall–Kier alpha value is -1.63. The number of hydrogen-bond acceptors (Lipinski definition) is 4. The minimum Gasteiger partial charge on any atom is -0.479 e. The number of amides is 2. The van der Waals surface area contributed by atoms with Crippen LogP contribution in [0.4, 0.5) is 0 Å². The third-order valence-electron chi connectivity index (χ3n) is 4.29. The van der Waals surface area contributed by atoms with Gasteiger partial charge in [-0.15, -0.1) is 0 Å². The fraction of sp³-hybridized carbons (Fsp3) is 0.800. The summed E-state index contributed by atoms with van der Waals surface area (Å²) in [5.41, 5.74) is 0. The van der Waals surface area contributed by atoms with E-state index in [0.29, 0.717) is 6.54 Å². The van der Waals surface area contributed by atoms with Crippen LogP contribution in [0.5, 0.6) is 0 Å². The first-order valence-corrected chi connectivity index (χ1v) is 7.90. The zero-order valence-corrected chi connectivity index (χ0v) is 12.9.